The van der Waals surface area contributed by atoms with E-state index in [1.54, 1.807) is 0 Å². The Bertz CT molecular complexity index is 591. The van der Waals surface area contributed by atoms with Gasteiger partial charge in [-0.25, -0.2) is 0 Å². The second kappa shape index (κ2) is 7.23. The van der Waals surface area contributed by atoms with Crippen molar-refractivity contribution < 1.29 is 0 Å². The Balaban J connectivity index is 2.52. The molecular weight excluding hydrogens is 326 g/mol. The summed E-state index contributed by atoms with van der Waals surface area (Å²) in [6.45, 7) is 6.44. The van der Waals surface area contributed by atoms with E-state index in [1.165, 1.54) is 11.3 Å². The maximum absolute atomic E-state index is 6.43. The Morgan fingerprint density at radius 1 is 1.19 bits per heavy atom. The third-order valence-corrected chi connectivity index (χ3v) is 4.41. The molecule has 0 aliphatic heterocycles. The minimum absolute atomic E-state index is 0.0502. The molecule has 0 aliphatic rings. The lowest BCUT2D eigenvalue weighted by Crippen LogP contribution is -2.34. The van der Waals surface area contributed by atoms with Crippen molar-refractivity contribution in [3.05, 3.63) is 51.8 Å². The molecule has 0 fully saturated rings. The van der Waals surface area contributed by atoms with Gasteiger partial charge in [0.25, 0.3) is 0 Å². The highest BCUT2D eigenvalue weighted by Crippen LogP contribution is 2.27. The van der Waals surface area contributed by atoms with Crippen LogP contribution in [0.4, 0.5) is 0 Å². The minimum Gasteiger partial charge on any atom is -0.326 e. The molecule has 0 aliphatic carbocycles. The van der Waals surface area contributed by atoms with Crippen molar-refractivity contribution in [3.63, 3.8) is 0 Å². The van der Waals surface area contributed by atoms with Crippen LogP contribution in [0.5, 0.6) is 0 Å². The van der Waals surface area contributed by atoms with Crippen LogP contribution in [0.25, 0.3) is 0 Å². The molecule has 2 rings (SSSR count). The first kappa shape index (κ1) is 16.2. The number of benzene rings is 1. The lowest BCUT2D eigenvalue weighted by molar-refractivity contribution is 0.411. The van der Waals surface area contributed by atoms with Crippen LogP contribution in [-0.2, 0) is 12.8 Å². The van der Waals surface area contributed by atoms with Crippen molar-refractivity contribution in [2.75, 3.05) is 0 Å². The van der Waals surface area contributed by atoms with Crippen molar-refractivity contribution in [1.82, 2.24) is 9.78 Å². The molecular formula is C17H24BrN3. The Morgan fingerprint density at radius 2 is 1.95 bits per heavy atom. The van der Waals surface area contributed by atoms with Crippen LogP contribution in [0.2, 0.25) is 0 Å². The molecule has 4 heteroatoms. The number of hydrogen-bond donors (Lipinski definition) is 1. The SMILES string of the molecule is CCc1cc(CC)n(C(c2cccc(Br)c2)C(N)CC)n1. The second-order valence-corrected chi connectivity index (χ2v) is 6.27. The van der Waals surface area contributed by atoms with E-state index in [-0.39, 0.29) is 12.1 Å². The van der Waals surface area contributed by atoms with E-state index < -0.39 is 0 Å². The summed E-state index contributed by atoms with van der Waals surface area (Å²) in [5.74, 6) is 0. The summed E-state index contributed by atoms with van der Waals surface area (Å²) in [6.07, 6.45) is 2.84. The largest absolute Gasteiger partial charge is 0.326 e. The van der Waals surface area contributed by atoms with E-state index in [0.29, 0.717) is 0 Å². The monoisotopic (exact) mass is 349 g/mol. The van der Waals surface area contributed by atoms with Gasteiger partial charge in [-0.2, -0.15) is 5.10 Å². The van der Waals surface area contributed by atoms with Crippen LogP contribution < -0.4 is 5.73 Å². The summed E-state index contributed by atoms with van der Waals surface area (Å²) < 4.78 is 3.21. The summed E-state index contributed by atoms with van der Waals surface area (Å²) in [6, 6.07) is 10.7. The molecule has 2 atom stereocenters. The average Bonchev–Trinajstić information content (AvgIpc) is 2.90. The van der Waals surface area contributed by atoms with E-state index >= 15 is 0 Å². The summed E-state index contributed by atoms with van der Waals surface area (Å²) in [5, 5.41) is 4.80. The molecule has 2 N–H and O–H groups in total. The maximum atomic E-state index is 6.43. The molecule has 1 aromatic heterocycles. The number of halogens is 1. The lowest BCUT2D eigenvalue weighted by Gasteiger charge is -2.26. The van der Waals surface area contributed by atoms with Gasteiger partial charge in [-0.1, -0.05) is 48.8 Å². The molecule has 2 aromatic rings. The van der Waals surface area contributed by atoms with Crippen LogP contribution in [0.15, 0.2) is 34.8 Å². The first-order valence-electron chi connectivity index (χ1n) is 7.69. The molecule has 2 unspecified atom stereocenters. The molecule has 0 radical (unpaired) electrons. The van der Waals surface area contributed by atoms with Gasteiger partial charge in [0.2, 0.25) is 0 Å². The van der Waals surface area contributed by atoms with Crippen LogP contribution >= 0.6 is 15.9 Å². The molecule has 21 heavy (non-hydrogen) atoms. The molecule has 0 saturated heterocycles. The Morgan fingerprint density at radius 3 is 2.52 bits per heavy atom. The van der Waals surface area contributed by atoms with Gasteiger partial charge in [0.15, 0.2) is 0 Å². The van der Waals surface area contributed by atoms with Gasteiger partial charge < -0.3 is 5.73 Å². The van der Waals surface area contributed by atoms with Gasteiger partial charge in [-0.15, -0.1) is 0 Å². The summed E-state index contributed by atoms with van der Waals surface area (Å²) >= 11 is 3.56. The molecule has 1 aromatic carbocycles. The number of aryl methyl sites for hydroxylation is 2. The summed E-state index contributed by atoms with van der Waals surface area (Å²) in [4.78, 5) is 0. The van der Waals surface area contributed by atoms with E-state index in [4.69, 9.17) is 10.8 Å². The number of nitrogens with two attached hydrogens (primary N) is 1. The minimum atomic E-state index is 0.0502. The second-order valence-electron chi connectivity index (χ2n) is 5.35. The quantitative estimate of drug-likeness (QED) is 0.853. The fraction of sp³-hybridized carbons (Fsp3) is 0.471. The third kappa shape index (κ3) is 3.55. The van der Waals surface area contributed by atoms with Gasteiger partial charge in [0.05, 0.1) is 11.7 Å². The molecule has 0 bridgehead atoms. The normalized spacial score (nSPS) is 14.1. The molecule has 3 nitrogen and oxygen atoms in total. The predicted octanol–water partition coefficient (Wildman–Crippen LogP) is 4.10. The first-order chi connectivity index (χ1) is 10.1. The standard InChI is InChI=1S/C17H24BrN3/c1-4-14-11-15(5-2)21(20-14)17(16(19)6-3)12-8-7-9-13(18)10-12/h7-11,16-17H,4-6,19H2,1-3H3. The van der Waals surface area contributed by atoms with Crippen LogP contribution in [-0.4, -0.2) is 15.8 Å². The zero-order chi connectivity index (χ0) is 15.4. The van der Waals surface area contributed by atoms with Gasteiger partial charge in [-0.3, -0.25) is 4.68 Å². The lowest BCUT2D eigenvalue weighted by atomic mass is 9.98. The van der Waals surface area contributed by atoms with E-state index in [1.807, 2.05) is 6.07 Å². The van der Waals surface area contributed by atoms with Gasteiger partial charge in [0.1, 0.15) is 0 Å². The van der Waals surface area contributed by atoms with Gasteiger partial charge in [0, 0.05) is 16.2 Å². The summed E-state index contributed by atoms with van der Waals surface area (Å²) in [7, 11) is 0. The maximum Gasteiger partial charge on any atom is 0.0922 e. The predicted molar refractivity (Wildman–Crippen MR) is 91.5 cm³/mol. The smallest absolute Gasteiger partial charge is 0.0922 e. The van der Waals surface area contributed by atoms with Crippen molar-refractivity contribution in [1.29, 1.82) is 0 Å². The zero-order valence-electron chi connectivity index (χ0n) is 13.0. The average molecular weight is 350 g/mol. The van der Waals surface area contributed by atoms with Gasteiger partial charge in [-0.05, 0) is 43.0 Å². The van der Waals surface area contributed by atoms with Crippen molar-refractivity contribution in [2.45, 2.75) is 52.1 Å². The molecule has 1 heterocycles. The molecule has 0 saturated carbocycles. The van der Waals surface area contributed by atoms with E-state index in [0.717, 1.165) is 29.4 Å². The third-order valence-electron chi connectivity index (χ3n) is 3.92. The highest BCUT2D eigenvalue weighted by molar-refractivity contribution is 9.10. The van der Waals surface area contributed by atoms with Crippen LogP contribution in [0, 0.1) is 0 Å². The molecule has 0 amide bonds. The molecule has 0 spiro atoms. The summed E-state index contributed by atoms with van der Waals surface area (Å²) in [5.41, 5.74) is 10.0. The highest BCUT2D eigenvalue weighted by Gasteiger charge is 2.24. The Hall–Kier alpha value is -1.13. The van der Waals surface area contributed by atoms with Crippen LogP contribution in [0.3, 0.4) is 0 Å². The number of nitrogens with zero attached hydrogens (tertiary/aromatic N) is 2. The van der Waals surface area contributed by atoms with Crippen molar-refractivity contribution >= 4 is 15.9 Å². The van der Waals surface area contributed by atoms with E-state index in [2.05, 4.69) is 65.6 Å². The van der Waals surface area contributed by atoms with Crippen molar-refractivity contribution in [2.24, 2.45) is 5.73 Å². The number of aromatic nitrogens is 2. The van der Waals surface area contributed by atoms with Crippen LogP contribution in [0.1, 0.15) is 50.2 Å². The number of rotatable bonds is 6. The Kier molecular flexibility index (Phi) is 5.59. The Labute approximate surface area is 135 Å². The number of hydrogen-bond acceptors (Lipinski definition) is 2. The fourth-order valence-corrected chi connectivity index (χ4v) is 3.07. The van der Waals surface area contributed by atoms with E-state index in [9.17, 15) is 0 Å². The van der Waals surface area contributed by atoms with Crippen molar-refractivity contribution in [3.8, 4) is 0 Å². The zero-order valence-corrected chi connectivity index (χ0v) is 14.6. The first-order valence-corrected chi connectivity index (χ1v) is 8.48. The fourth-order valence-electron chi connectivity index (χ4n) is 2.65. The topological polar surface area (TPSA) is 43.8 Å². The highest BCUT2D eigenvalue weighted by atomic mass is 79.9. The molecule has 114 valence electrons. The van der Waals surface area contributed by atoms with Gasteiger partial charge >= 0.3 is 0 Å².